The van der Waals surface area contributed by atoms with Crippen molar-refractivity contribution in [3.63, 3.8) is 0 Å². The summed E-state index contributed by atoms with van der Waals surface area (Å²) < 4.78 is 0. The highest BCUT2D eigenvalue weighted by Crippen LogP contribution is 2.48. The van der Waals surface area contributed by atoms with Gasteiger partial charge in [-0.1, -0.05) is 97.1 Å². The monoisotopic (exact) mass is 454 g/mol. The first-order valence-electron chi connectivity index (χ1n) is 11.9. The lowest BCUT2D eigenvalue weighted by Crippen LogP contribution is -2.35. The number of rotatable bonds is 4. The normalized spacial score (nSPS) is 14.7. The van der Waals surface area contributed by atoms with Gasteiger partial charge in [0.1, 0.15) is 6.17 Å². The molecule has 5 aromatic rings. The average molecular weight is 455 g/mol. The number of fused-ring (bicyclic) bond motifs is 1. The molecule has 4 heteroatoms. The van der Waals surface area contributed by atoms with Crippen LogP contribution in [0.5, 0.6) is 0 Å². The molecule has 0 amide bonds. The standard InChI is InChI=1S/C31H26N4/c1-22-14-12-13-21-27(22)35-23(2)34(26-19-10-5-11-20-26)30-31(35)33-29(25-17-8-4-9-18-25)28(32-30)24-15-6-3-7-16-24/h3-21,23H,1-2H3. The van der Waals surface area contributed by atoms with Crippen LogP contribution in [-0.2, 0) is 0 Å². The van der Waals surface area contributed by atoms with E-state index in [-0.39, 0.29) is 6.17 Å². The fraction of sp³-hybridized carbons (Fsp3) is 0.0968. The van der Waals surface area contributed by atoms with Gasteiger partial charge in [0.25, 0.3) is 0 Å². The molecule has 0 saturated carbocycles. The molecule has 6 rings (SSSR count). The third kappa shape index (κ3) is 3.64. The van der Waals surface area contributed by atoms with Crippen molar-refractivity contribution in [3.05, 3.63) is 121 Å². The molecule has 0 fully saturated rings. The summed E-state index contributed by atoms with van der Waals surface area (Å²) in [6.07, 6.45) is 0.00291. The van der Waals surface area contributed by atoms with Crippen molar-refractivity contribution in [2.45, 2.75) is 20.0 Å². The van der Waals surface area contributed by atoms with E-state index in [2.05, 4.69) is 121 Å². The van der Waals surface area contributed by atoms with E-state index in [0.717, 1.165) is 45.5 Å². The number of anilines is 4. The van der Waals surface area contributed by atoms with Gasteiger partial charge in [-0.15, -0.1) is 0 Å². The lowest BCUT2D eigenvalue weighted by atomic mass is 10.0. The average Bonchev–Trinajstić information content (AvgIpc) is 3.20. The van der Waals surface area contributed by atoms with Crippen LogP contribution in [0.3, 0.4) is 0 Å². The van der Waals surface area contributed by atoms with Crippen molar-refractivity contribution in [3.8, 4) is 22.5 Å². The smallest absolute Gasteiger partial charge is 0.179 e. The van der Waals surface area contributed by atoms with Gasteiger partial charge < -0.3 is 9.80 Å². The first-order chi connectivity index (χ1) is 17.2. The molecule has 1 aliphatic heterocycles. The van der Waals surface area contributed by atoms with E-state index in [4.69, 9.17) is 9.97 Å². The summed E-state index contributed by atoms with van der Waals surface area (Å²) in [5.41, 5.74) is 7.31. The van der Waals surface area contributed by atoms with Gasteiger partial charge in [-0.3, -0.25) is 0 Å². The van der Waals surface area contributed by atoms with Crippen molar-refractivity contribution in [2.24, 2.45) is 0 Å². The first kappa shape index (κ1) is 21.1. The second kappa shape index (κ2) is 8.73. The van der Waals surface area contributed by atoms with E-state index < -0.39 is 0 Å². The molecule has 1 aromatic heterocycles. The van der Waals surface area contributed by atoms with Crippen LogP contribution < -0.4 is 9.80 Å². The van der Waals surface area contributed by atoms with Crippen LogP contribution in [0.4, 0.5) is 23.0 Å². The molecule has 35 heavy (non-hydrogen) atoms. The summed E-state index contributed by atoms with van der Waals surface area (Å²) >= 11 is 0. The van der Waals surface area contributed by atoms with Gasteiger partial charge in [0.2, 0.25) is 0 Å². The fourth-order valence-electron chi connectivity index (χ4n) is 4.88. The SMILES string of the molecule is Cc1ccccc1N1c2nc(-c3ccccc3)c(-c3ccccc3)nc2N(c2ccccc2)C1C. The van der Waals surface area contributed by atoms with E-state index in [1.165, 1.54) is 5.56 Å². The van der Waals surface area contributed by atoms with Crippen LogP contribution in [0.15, 0.2) is 115 Å². The number of aryl methyl sites for hydroxylation is 1. The van der Waals surface area contributed by atoms with Crippen molar-refractivity contribution in [1.29, 1.82) is 0 Å². The van der Waals surface area contributed by atoms with Crippen LogP contribution in [0.25, 0.3) is 22.5 Å². The van der Waals surface area contributed by atoms with Gasteiger partial charge in [-0.25, -0.2) is 9.97 Å². The number of aromatic nitrogens is 2. The molecule has 0 N–H and O–H groups in total. The summed E-state index contributed by atoms with van der Waals surface area (Å²) in [7, 11) is 0. The second-order valence-electron chi connectivity index (χ2n) is 8.79. The Kier molecular flexibility index (Phi) is 5.27. The van der Waals surface area contributed by atoms with E-state index in [1.807, 2.05) is 18.2 Å². The molecule has 1 atom stereocenters. The fourth-order valence-corrected chi connectivity index (χ4v) is 4.88. The number of hydrogen-bond acceptors (Lipinski definition) is 4. The zero-order valence-electron chi connectivity index (χ0n) is 19.8. The highest BCUT2D eigenvalue weighted by atomic mass is 15.5. The Hall–Kier alpha value is -4.44. The van der Waals surface area contributed by atoms with Crippen LogP contribution in [0, 0.1) is 6.92 Å². The van der Waals surface area contributed by atoms with Crippen LogP contribution in [-0.4, -0.2) is 16.1 Å². The summed E-state index contributed by atoms with van der Waals surface area (Å²) in [6, 6.07) is 39.6. The molecule has 0 bridgehead atoms. The van der Waals surface area contributed by atoms with Gasteiger partial charge in [0.05, 0.1) is 11.4 Å². The predicted molar refractivity (Wildman–Crippen MR) is 144 cm³/mol. The number of hydrogen-bond donors (Lipinski definition) is 0. The van der Waals surface area contributed by atoms with Crippen LogP contribution in [0.2, 0.25) is 0 Å². The van der Waals surface area contributed by atoms with Gasteiger partial charge in [0, 0.05) is 22.5 Å². The summed E-state index contributed by atoms with van der Waals surface area (Å²) in [5.74, 6) is 1.74. The maximum Gasteiger partial charge on any atom is 0.179 e. The second-order valence-corrected chi connectivity index (χ2v) is 8.79. The third-order valence-corrected chi connectivity index (χ3v) is 6.57. The molecule has 0 spiro atoms. The Morgan fingerprint density at radius 3 is 1.54 bits per heavy atom. The molecule has 1 unspecified atom stereocenters. The Morgan fingerprint density at radius 1 is 0.543 bits per heavy atom. The van der Waals surface area contributed by atoms with E-state index in [9.17, 15) is 0 Å². The maximum absolute atomic E-state index is 5.35. The van der Waals surface area contributed by atoms with E-state index in [0.29, 0.717) is 0 Å². The lowest BCUT2D eigenvalue weighted by Gasteiger charge is -2.30. The molecule has 1 aliphatic rings. The van der Waals surface area contributed by atoms with Gasteiger partial charge in [0.15, 0.2) is 11.6 Å². The summed E-state index contributed by atoms with van der Waals surface area (Å²) in [5, 5.41) is 0. The van der Waals surface area contributed by atoms with Crippen molar-refractivity contribution in [2.75, 3.05) is 9.80 Å². The highest BCUT2D eigenvalue weighted by molar-refractivity contribution is 5.89. The molecule has 4 nitrogen and oxygen atoms in total. The Labute approximate surface area is 206 Å². The Bertz CT molecular complexity index is 1470. The predicted octanol–water partition coefficient (Wildman–Crippen LogP) is 7.75. The number of benzene rings is 4. The minimum Gasteiger partial charge on any atom is -0.302 e. The largest absolute Gasteiger partial charge is 0.302 e. The van der Waals surface area contributed by atoms with Gasteiger partial charge in [-0.05, 0) is 37.6 Å². The molecular weight excluding hydrogens is 428 g/mol. The van der Waals surface area contributed by atoms with Gasteiger partial charge in [-0.2, -0.15) is 0 Å². The van der Waals surface area contributed by atoms with Crippen molar-refractivity contribution >= 4 is 23.0 Å². The molecular formula is C31H26N4. The minimum absolute atomic E-state index is 0.00291. The van der Waals surface area contributed by atoms with Crippen LogP contribution in [0.1, 0.15) is 12.5 Å². The molecule has 0 saturated heterocycles. The molecule has 170 valence electrons. The lowest BCUT2D eigenvalue weighted by molar-refractivity contribution is 0.752. The van der Waals surface area contributed by atoms with Crippen molar-refractivity contribution < 1.29 is 0 Å². The molecule has 2 heterocycles. The molecule has 0 radical (unpaired) electrons. The Morgan fingerprint density at radius 2 is 1.00 bits per heavy atom. The highest BCUT2D eigenvalue weighted by Gasteiger charge is 2.39. The molecule has 0 aliphatic carbocycles. The van der Waals surface area contributed by atoms with Crippen molar-refractivity contribution in [1.82, 2.24) is 9.97 Å². The topological polar surface area (TPSA) is 32.3 Å². The first-order valence-corrected chi connectivity index (χ1v) is 11.9. The Balaban J connectivity index is 1.65. The quantitative estimate of drug-likeness (QED) is 0.278. The van der Waals surface area contributed by atoms with E-state index in [1.54, 1.807) is 0 Å². The number of para-hydroxylation sites is 2. The zero-order valence-corrected chi connectivity index (χ0v) is 19.8. The number of nitrogens with zero attached hydrogens (tertiary/aromatic N) is 4. The zero-order chi connectivity index (χ0) is 23.8. The van der Waals surface area contributed by atoms with E-state index >= 15 is 0 Å². The third-order valence-electron chi connectivity index (χ3n) is 6.57. The van der Waals surface area contributed by atoms with Gasteiger partial charge >= 0.3 is 0 Å². The minimum atomic E-state index is 0.00291. The summed E-state index contributed by atoms with van der Waals surface area (Å²) in [4.78, 5) is 15.3. The molecule has 4 aromatic carbocycles. The summed E-state index contributed by atoms with van der Waals surface area (Å²) in [6.45, 7) is 4.37. The maximum atomic E-state index is 5.35. The van der Waals surface area contributed by atoms with Crippen LogP contribution >= 0.6 is 0 Å².